The van der Waals surface area contributed by atoms with Gasteiger partial charge in [-0.05, 0) is 65.3 Å². The molecule has 0 spiro atoms. The number of rotatable bonds is 4. The van der Waals surface area contributed by atoms with E-state index in [-0.39, 0.29) is 23.1 Å². The molecule has 0 saturated heterocycles. The van der Waals surface area contributed by atoms with E-state index in [0.29, 0.717) is 16.9 Å². The van der Waals surface area contributed by atoms with Gasteiger partial charge >= 0.3 is 0 Å². The topological polar surface area (TPSA) is 29.5 Å². The summed E-state index contributed by atoms with van der Waals surface area (Å²) in [5, 5.41) is 9.48. The molecule has 1 N–H and O–H groups in total. The first kappa shape index (κ1) is 21.1. The molecule has 0 aliphatic heterocycles. The lowest BCUT2D eigenvalue weighted by molar-refractivity contribution is 0.281. The maximum Gasteiger partial charge on any atom is 0.132 e. The van der Waals surface area contributed by atoms with Gasteiger partial charge in [-0.15, -0.1) is 0 Å². The van der Waals surface area contributed by atoms with Crippen molar-refractivity contribution >= 4 is 5.57 Å². The van der Waals surface area contributed by atoms with E-state index in [1.165, 1.54) is 31.4 Å². The Hall–Kier alpha value is -2.20. The Morgan fingerprint density at radius 2 is 1.74 bits per heavy atom. The Labute approximate surface area is 160 Å². The van der Waals surface area contributed by atoms with Crippen LogP contribution in [0.5, 0.6) is 5.75 Å². The molecule has 0 atom stereocenters. The fourth-order valence-electron chi connectivity index (χ4n) is 3.53. The lowest BCUT2D eigenvalue weighted by atomic mass is 9.79. The zero-order valence-electron chi connectivity index (χ0n) is 16.7. The van der Waals surface area contributed by atoms with Crippen LogP contribution in [-0.2, 0) is 6.61 Å². The van der Waals surface area contributed by atoms with E-state index in [9.17, 15) is 13.9 Å². The predicted octanol–water partition coefficient (Wildman–Crippen LogP) is 6.36. The predicted molar refractivity (Wildman–Crippen MR) is 107 cm³/mol. The maximum atomic E-state index is 15.0. The summed E-state index contributed by atoms with van der Waals surface area (Å²) in [6.45, 7) is 7.93. The van der Waals surface area contributed by atoms with Crippen LogP contribution in [0.2, 0.25) is 0 Å². The summed E-state index contributed by atoms with van der Waals surface area (Å²) in [6.07, 6.45) is 3.93. The summed E-state index contributed by atoms with van der Waals surface area (Å²) < 4.78 is 34.7. The van der Waals surface area contributed by atoms with E-state index in [1.54, 1.807) is 6.07 Å². The molecule has 2 aromatic carbocycles. The fourth-order valence-corrected chi connectivity index (χ4v) is 3.53. The normalized spacial score (nSPS) is 15.0. The van der Waals surface area contributed by atoms with Crippen LogP contribution in [0.25, 0.3) is 16.7 Å². The minimum Gasteiger partial charge on any atom is -0.497 e. The van der Waals surface area contributed by atoms with Gasteiger partial charge in [-0.2, -0.15) is 0 Å². The zero-order chi connectivity index (χ0) is 20.2. The standard InChI is InChI=1S/C21H22F2O2.C2H6/c1-21(2)8-4-5-17(21)15-9-13(12-24)10-19(23)20(15)16-11-14(25-3)6-7-18(16)22;1-2/h5-7,9-11,24H,4,8,12H2,1-3H3;1-2H3. The summed E-state index contributed by atoms with van der Waals surface area (Å²) in [5.74, 6) is -0.584. The highest BCUT2D eigenvalue weighted by Crippen LogP contribution is 2.48. The molecule has 2 aromatic rings. The van der Waals surface area contributed by atoms with Gasteiger partial charge in [0.1, 0.15) is 17.4 Å². The monoisotopic (exact) mass is 374 g/mol. The van der Waals surface area contributed by atoms with Crippen LogP contribution in [0, 0.1) is 17.0 Å². The van der Waals surface area contributed by atoms with Crippen LogP contribution in [0.4, 0.5) is 8.78 Å². The Balaban J connectivity index is 0.00000126. The second-order valence-corrected chi connectivity index (χ2v) is 7.04. The van der Waals surface area contributed by atoms with Crippen LogP contribution < -0.4 is 4.74 Å². The van der Waals surface area contributed by atoms with Gasteiger partial charge in [-0.3, -0.25) is 0 Å². The van der Waals surface area contributed by atoms with Gasteiger partial charge in [0.05, 0.1) is 13.7 Å². The number of aliphatic hydroxyl groups is 1. The minimum atomic E-state index is -0.544. The highest BCUT2D eigenvalue weighted by molar-refractivity contribution is 5.85. The van der Waals surface area contributed by atoms with Gasteiger partial charge in [0.2, 0.25) is 0 Å². The Morgan fingerprint density at radius 3 is 2.30 bits per heavy atom. The molecule has 27 heavy (non-hydrogen) atoms. The van der Waals surface area contributed by atoms with E-state index in [4.69, 9.17) is 4.74 Å². The number of methoxy groups -OCH3 is 1. The molecule has 0 radical (unpaired) electrons. The molecule has 0 saturated carbocycles. The number of benzene rings is 2. The van der Waals surface area contributed by atoms with Gasteiger partial charge in [0.15, 0.2) is 0 Å². The number of aliphatic hydroxyl groups excluding tert-OH is 1. The SMILES string of the molecule is CC.COc1ccc(F)c(-c2c(F)cc(CO)cc2C2=CCCC2(C)C)c1. The van der Waals surface area contributed by atoms with Crippen molar-refractivity contribution < 1.29 is 18.6 Å². The third kappa shape index (κ3) is 4.22. The largest absolute Gasteiger partial charge is 0.497 e. The van der Waals surface area contributed by atoms with Gasteiger partial charge in [-0.25, -0.2) is 8.78 Å². The summed E-state index contributed by atoms with van der Waals surface area (Å²) in [5.41, 5.74) is 2.35. The molecule has 0 amide bonds. The third-order valence-electron chi connectivity index (χ3n) is 4.91. The van der Waals surface area contributed by atoms with Crippen molar-refractivity contribution in [1.29, 1.82) is 0 Å². The average Bonchev–Trinajstić information content (AvgIpc) is 3.02. The zero-order valence-corrected chi connectivity index (χ0v) is 16.7. The molecule has 146 valence electrons. The molecule has 2 nitrogen and oxygen atoms in total. The molecule has 3 rings (SSSR count). The smallest absolute Gasteiger partial charge is 0.132 e. The fraction of sp³-hybridized carbons (Fsp3) is 0.391. The molecule has 0 unspecified atom stereocenters. The highest BCUT2D eigenvalue weighted by atomic mass is 19.1. The van der Waals surface area contributed by atoms with E-state index >= 15 is 0 Å². The molecule has 0 heterocycles. The van der Waals surface area contributed by atoms with Crippen LogP contribution in [0.15, 0.2) is 36.4 Å². The second kappa shape index (κ2) is 8.66. The van der Waals surface area contributed by atoms with Crippen molar-refractivity contribution in [2.45, 2.75) is 47.1 Å². The molecule has 4 heteroatoms. The van der Waals surface area contributed by atoms with Crippen molar-refractivity contribution in [3.8, 4) is 16.9 Å². The summed E-state index contributed by atoms with van der Waals surface area (Å²) in [7, 11) is 1.49. The summed E-state index contributed by atoms with van der Waals surface area (Å²) in [6, 6.07) is 7.33. The minimum absolute atomic E-state index is 0.134. The van der Waals surface area contributed by atoms with E-state index in [0.717, 1.165) is 18.4 Å². The second-order valence-electron chi connectivity index (χ2n) is 7.04. The van der Waals surface area contributed by atoms with Crippen LogP contribution in [0.3, 0.4) is 0 Å². The first-order valence-corrected chi connectivity index (χ1v) is 9.35. The first-order valence-electron chi connectivity index (χ1n) is 9.35. The van der Waals surface area contributed by atoms with Crippen molar-refractivity contribution in [3.05, 3.63) is 59.2 Å². The van der Waals surface area contributed by atoms with Crippen molar-refractivity contribution in [2.75, 3.05) is 7.11 Å². The van der Waals surface area contributed by atoms with Crippen LogP contribution in [-0.4, -0.2) is 12.2 Å². The van der Waals surface area contributed by atoms with Crippen molar-refractivity contribution in [3.63, 3.8) is 0 Å². The van der Waals surface area contributed by atoms with E-state index in [2.05, 4.69) is 19.9 Å². The van der Waals surface area contributed by atoms with Gasteiger partial charge < -0.3 is 9.84 Å². The highest BCUT2D eigenvalue weighted by Gasteiger charge is 2.31. The van der Waals surface area contributed by atoms with Gasteiger partial charge in [0, 0.05) is 11.1 Å². The number of allylic oxidation sites excluding steroid dienone is 2. The van der Waals surface area contributed by atoms with Crippen molar-refractivity contribution in [1.82, 2.24) is 0 Å². The van der Waals surface area contributed by atoms with Crippen LogP contribution >= 0.6 is 0 Å². The lowest BCUT2D eigenvalue weighted by Gasteiger charge is -2.26. The van der Waals surface area contributed by atoms with Crippen LogP contribution in [0.1, 0.15) is 51.7 Å². The van der Waals surface area contributed by atoms with Gasteiger partial charge in [-0.1, -0.05) is 33.8 Å². The Kier molecular flexibility index (Phi) is 6.77. The molecule has 1 aliphatic rings. The first-order chi connectivity index (χ1) is 12.9. The molecular formula is C23H28F2O2. The summed E-state index contributed by atoms with van der Waals surface area (Å²) >= 11 is 0. The molecular weight excluding hydrogens is 346 g/mol. The lowest BCUT2D eigenvalue weighted by Crippen LogP contribution is -2.11. The van der Waals surface area contributed by atoms with Crippen molar-refractivity contribution in [2.24, 2.45) is 5.41 Å². The van der Waals surface area contributed by atoms with E-state index in [1.807, 2.05) is 13.8 Å². The maximum absolute atomic E-state index is 15.0. The molecule has 0 fully saturated rings. The number of hydrogen-bond donors (Lipinski definition) is 1. The Morgan fingerprint density at radius 1 is 1.04 bits per heavy atom. The molecule has 1 aliphatic carbocycles. The quantitative estimate of drug-likeness (QED) is 0.674. The van der Waals surface area contributed by atoms with E-state index < -0.39 is 11.6 Å². The average molecular weight is 374 g/mol. The number of ether oxygens (including phenoxy) is 1. The molecule has 0 aromatic heterocycles. The summed E-state index contributed by atoms with van der Waals surface area (Å²) in [4.78, 5) is 0. The molecule has 0 bridgehead atoms. The Bertz CT molecular complexity index is 839. The van der Waals surface area contributed by atoms with Gasteiger partial charge in [0.25, 0.3) is 0 Å². The number of hydrogen-bond acceptors (Lipinski definition) is 2. The third-order valence-corrected chi connectivity index (χ3v) is 4.91. The number of halogens is 2.